The van der Waals surface area contributed by atoms with Gasteiger partial charge < -0.3 is 9.47 Å². The average molecular weight is 279 g/mol. The molecule has 0 bridgehead atoms. The van der Waals surface area contributed by atoms with Gasteiger partial charge in [0.15, 0.2) is 0 Å². The van der Waals surface area contributed by atoms with Crippen molar-refractivity contribution in [3.05, 3.63) is 59.7 Å². The zero-order valence-electron chi connectivity index (χ0n) is 12.5. The molecule has 3 heterocycles. The summed E-state index contributed by atoms with van der Waals surface area (Å²) in [5, 5.41) is 0. The Morgan fingerprint density at radius 2 is 2.05 bits per heavy atom. The minimum atomic E-state index is 0.386. The number of rotatable bonds is 0. The Kier molecular flexibility index (Phi) is 3.15. The molecule has 1 atom stereocenters. The number of allylic oxidation sites excluding steroid dienone is 7. The first-order valence-corrected chi connectivity index (χ1v) is 7.80. The molecule has 21 heavy (non-hydrogen) atoms. The van der Waals surface area contributed by atoms with Gasteiger partial charge >= 0.3 is 0 Å². The number of hydrogen-bond acceptors (Lipinski definition) is 2. The van der Waals surface area contributed by atoms with Crippen molar-refractivity contribution in [2.24, 2.45) is 5.92 Å². The summed E-state index contributed by atoms with van der Waals surface area (Å²) in [4.78, 5) is 7.10. The van der Waals surface area contributed by atoms with Crippen LogP contribution < -0.4 is 0 Å². The predicted molar refractivity (Wildman–Crippen MR) is 85.7 cm³/mol. The highest BCUT2D eigenvalue weighted by Crippen LogP contribution is 2.39. The molecule has 1 unspecified atom stereocenters. The fourth-order valence-electron chi connectivity index (χ4n) is 3.59. The van der Waals surface area contributed by atoms with E-state index in [1.807, 2.05) is 6.20 Å². The van der Waals surface area contributed by atoms with Gasteiger partial charge in [-0.1, -0.05) is 36.0 Å². The van der Waals surface area contributed by atoms with Gasteiger partial charge in [0.25, 0.3) is 0 Å². The highest BCUT2D eigenvalue weighted by molar-refractivity contribution is 5.73. The second kappa shape index (κ2) is 5.15. The maximum atomic E-state index is 4.68. The van der Waals surface area contributed by atoms with E-state index in [0.717, 1.165) is 19.6 Å². The Bertz CT molecular complexity index is 662. The van der Waals surface area contributed by atoms with Gasteiger partial charge in [0.1, 0.15) is 5.82 Å². The zero-order valence-corrected chi connectivity index (χ0v) is 12.5. The molecule has 0 N–H and O–H groups in total. The first-order chi connectivity index (χ1) is 10.3. The summed E-state index contributed by atoms with van der Waals surface area (Å²) in [6, 6.07) is 0. The van der Waals surface area contributed by atoms with Crippen LogP contribution in [0.1, 0.15) is 18.7 Å². The van der Waals surface area contributed by atoms with Crippen molar-refractivity contribution in [1.29, 1.82) is 0 Å². The molecule has 3 nitrogen and oxygen atoms in total. The second-order valence-electron chi connectivity index (χ2n) is 6.15. The van der Waals surface area contributed by atoms with E-state index in [-0.39, 0.29) is 0 Å². The molecule has 2 aliphatic heterocycles. The van der Waals surface area contributed by atoms with Crippen LogP contribution in [0.5, 0.6) is 0 Å². The van der Waals surface area contributed by atoms with E-state index < -0.39 is 0 Å². The van der Waals surface area contributed by atoms with Crippen molar-refractivity contribution in [2.45, 2.75) is 19.4 Å². The van der Waals surface area contributed by atoms with Gasteiger partial charge in [-0.25, -0.2) is 4.98 Å². The van der Waals surface area contributed by atoms with Crippen LogP contribution in [0, 0.1) is 5.92 Å². The number of imidazole rings is 1. The topological polar surface area (TPSA) is 21.1 Å². The van der Waals surface area contributed by atoms with Crippen molar-refractivity contribution in [1.82, 2.24) is 14.5 Å². The van der Waals surface area contributed by atoms with Crippen molar-refractivity contribution in [2.75, 3.05) is 20.1 Å². The molecule has 0 spiro atoms. The van der Waals surface area contributed by atoms with E-state index in [1.165, 1.54) is 29.8 Å². The molecule has 3 heteroatoms. The lowest BCUT2D eigenvalue weighted by molar-refractivity contribution is 0.312. The molecular formula is C18H21N3. The highest BCUT2D eigenvalue weighted by Gasteiger charge is 2.28. The van der Waals surface area contributed by atoms with Crippen LogP contribution in [0.4, 0.5) is 0 Å². The number of fused-ring (bicyclic) bond motifs is 2. The van der Waals surface area contributed by atoms with Crippen molar-refractivity contribution in [3.63, 3.8) is 0 Å². The SMILES string of the molecule is CN1CCC(=C2c3nccn3CC=C3C=CC=CC32)CC1. The summed E-state index contributed by atoms with van der Waals surface area (Å²) in [6.07, 6.45) is 17.6. The number of likely N-dealkylation sites (tertiary alicyclic amines) is 1. The molecule has 1 fully saturated rings. The number of nitrogens with zero attached hydrogens (tertiary/aromatic N) is 3. The smallest absolute Gasteiger partial charge is 0.136 e. The van der Waals surface area contributed by atoms with Gasteiger partial charge in [-0.15, -0.1) is 0 Å². The Morgan fingerprint density at radius 1 is 1.19 bits per heavy atom. The molecule has 1 saturated heterocycles. The second-order valence-corrected chi connectivity index (χ2v) is 6.15. The molecule has 1 aromatic heterocycles. The minimum Gasteiger partial charge on any atom is -0.327 e. The van der Waals surface area contributed by atoms with Crippen LogP contribution in [0.3, 0.4) is 0 Å². The van der Waals surface area contributed by atoms with Gasteiger partial charge in [0, 0.05) is 43.5 Å². The molecule has 3 aliphatic rings. The number of piperidine rings is 1. The Morgan fingerprint density at radius 3 is 2.90 bits per heavy atom. The summed E-state index contributed by atoms with van der Waals surface area (Å²) in [7, 11) is 2.21. The Labute approximate surface area is 126 Å². The first-order valence-electron chi connectivity index (χ1n) is 7.80. The third-order valence-electron chi connectivity index (χ3n) is 4.83. The molecule has 0 radical (unpaired) electrons. The lowest BCUT2D eigenvalue weighted by Crippen LogP contribution is -2.27. The number of hydrogen-bond donors (Lipinski definition) is 0. The largest absolute Gasteiger partial charge is 0.327 e. The average Bonchev–Trinajstić information content (AvgIpc) is 2.91. The molecule has 0 amide bonds. The van der Waals surface area contributed by atoms with E-state index in [4.69, 9.17) is 0 Å². The summed E-state index contributed by atoms with van der Waals surface area (Å²) >= 11 is 0. The fraction of sp³-hybridized carbons (Fsp3) is 0.389. The van der Waals surface area contributed by atoms with E-state index in [1.54, 1.807) is 5.57 Å². The van der Waals surface area contributed by atoms with Crippen LogP contribution in [0.15, 0.2) is 53.9 Å². The zero-order chi connectivity index (χ0) is 14.2. The van der Waals surface area contributed by atoms with Crippen LogP contribution in [-0.4, -0.2) is 34.6 Å². The van der Waals surface area contributed by atoms with Gasteiger partial charge in [-0.2, -0.15) is 0 Å². The molecule has 108 valence electrons. The minimum absolute atomic E-state index is 0.386. The Balaban J connectivity index is 1.85. The van der Waals surface area contributed by atoms with E-state index in [0.29, 0.717) is 5.92 Å². The van der Waals surface area contributed by atoms with Crippen molar-refractivity contribution >= 4 is 5.57 Å². The van der Waals surface area contributed by atoms with Crippen LogP contribution in [0.25, 0.3) is 5.57 Å². The summed E-state index contributed by atoms with van der Waals surface area (Å²) in [5.41, 5.74) is 4.47. The van der Waals surface area contributed by atoms with Gasteiger partial charge in [-0.3, -0.25) is 0 Å². The summed E-state index contributed by atoms with van der Waals surface area (Å²) in [5.74, 6) is 1.56. The van der Waals surface area contributed by atoms with Crippen molar-refractivity contribution in [3.8, 4) is 0 Å². The molecule has 1 aliphatic carbocycles. The normalized spacial score (nSPS) is 25.4. The molecule has 1 aromatic rings. The lowest BCUT2D eigenvalue weighted by atomic mass is 9.82. The molecule has 0 saturated carbocycles. The standard InChI is InChI=1S/C18H21N3/c1-20-10-6-15(7-11-20)17-16-5-3-2-4-14(16)8-12-21-13-9-19-18(17)21/h2-5,8-9,13,16H,6-7,10-12H2,1H3. The summed E-state index contributed by atoms with van der Waals surface area (Å²) in [6.45, 7) is 3.24. The van der Waals surface area contributed by atoms with Crippen LogP contribution in [-0.2, 0) is 6.54 Å². The van der Waals surface area contributed by atoms with E-state index >= 15 is 0 Å². The Hall–Kier alpha value is -1.87. The van der Waals surface area contributed by atoms with Gasteiger partial charge in [0.05, 0.1) is 0 Å². The fourth-order valence-corrected chi connectivity index (χ4v) is 3.59. The van der Waals surface area contributed by atoms with E-state index in [9.17, 15) is 0 Å². The third kappa shape index (κ3) is 2.22. The van der Waals surface area contributed by atoms with Crippen LogP contribution >= 0.6 is 0 Å². The number of aromatic nitrogens is 2. The third-order valence-corrected chi connectivity index (χ3v) is 4.83. The van der Waals surface area contributed by atoms with E-state index in [2.05, 4.69) is 58.1 Å². The van der Waals surface area contributed by atoms with Gasteiger partial charge in [0.2, 0.25) is 0 Å². The maximum absolute atomic E-state index is 4.68. The highest BCUT2D eigenvalue weighted by atomic mass is 15.1. The summed E-state index contributed by atoms with van der Waals surface area (Å²) < 4.78 is 2.29. The predicted octanol–water partition coefficient (Wildman–Crippen LogP) is 3.04. The quantitative estimate of drug-likeness (QED) is 0.728. The van der Waals surface area contributed by atoms with Crippen LogP contribution in [0.2, 0.25) is 0 Å². The lowest BCUT2D eigenvalue weighted by Gasteiger charge is -2.29. The first kappa shape index (κ1) is 12.8. The maximum Gasteiger partial charge on any atom is 0.136 e. The molecule has 0 aromatic carbocycles. The van der Waals surface area contributed by atoms with Gasteiger partial charge in [-0.05, 0) is 25.5 Å². The van der Waals surface area contributed by atoms with Crippen molar-refractivity contribution < 1.29 is 0 Å². The molecular weight excluding hydrogens is 258 g/mol. The monoisotopic (exact) mass is 279 g/mol. The molecule has 4 rings (SSSR count).